The highest BCUT2D eigenvalue weighted by molar-refractivity contribution is 5.93. The Balaban J connectivity index is 1.31. The molecular weight excluding hydrogens is 558 g/mol. The molecule has 2 aromatic heterocycles. The molecule has 6 rings (SSSR count). The van der Waals surface area contributed by atoms with Crippen molar-refractivity contribution in [3.63, 3.8) is 0 Å². The third kappa shape index (κ3) is 5.61. The first-order valence-electron chi connectivity index (χ1n) is 14.3. The van der Waals surface area contributed by atoms with E-state index in [0.717, 1.165) is 57.5 Å². The van der Waals surface area contributed by atoms with E-state index in [1.807, 2.05) is 68.1 Å². The summed E-state index contributed by atoms with van der Waals surface area (Å²) < 4.78 is 19.8. The number of anilines is 2. The van der Waals surface area contributed by atoms with Gasteiger partial charge in [-0.25, -0.2) is 15.0 Å². The van der Waals surface area contributed by atoms with E-state index in [0.29, 0.717) is 23.1 Å². The number of nitrogens with one attached hydrogen (secondary N) is 1. The number of aromatic nitrogens is 4. The molecule has 1 amide bonds. The molecule has 11 heteroatoms. The summed E-state index contributed by atoms with van der Waals surface area (Å²) in [6.45, 7) is 2.79. The number of likely N-dealkylation sites (tertiary alicyclic amines) is 1. The molecular formula is C33H35N7O4. The van der Waals surface area contributed by atoms with Gasteiger partial charge in [-0.05, 0) is 55.8 Å². The number of primary amides is 1. The average molecular weight is 594 g/mol. The Morgan fingerprint density at radius 3 is 2.59 bits per heavy atom. The SMILES string of the molecule is COc1cc(Oc2ccc3c(c2)ncn3C)c(C)cc1Nc1ncnc2cc(OC)c(C3CC(C=CC(N)=O)N(C)C3)cc12. The Kier molecular flexibility index (Phi) is 7.79. The normalized spacial score (nSPS) is 17.0. The number of hydrogen-bond acceptors (Lipinski definition) is 9. The van der Waals surface area contributed by atoms with Crippen LogP contribution in [0.3, 0.4) is 0 Å². The quantitative estimate of drug-likeness (QED) is 0.221. The van der Waals surface area contributed by atoms with E-state index >= 15 is 0 Å². The van der Waals surface area contributed by atoms with Gasteiger partial charge in [-0.15, -0.1) is 0 Å². The maximum Gasteiger partial charge on any atom is 0.241 e. The predicted molar refractivity (Wildman–Crippen MR) is 170 cm³/mol. The summed E-state index contributed by atoms with van der Waals surface area (Å²) in [6, 6.07) is 13.8. The second kappa shape index (κ2) is 11.8. The third-order valence-corrected chi connectivity index (χ3v) is 8.18. The number of rotatable bonds is 9. The van der Waals surface area contributed by atoms with Crippen LogP contribution in [0.25, 0.3) is 21.9 Å². The van der Waals surface area contributed by atoms with E-state index in [9.17, 15) is 4.79 Å². The number of ether oxygens (including phenoxy) is 3. The Morgan fingerprint density at radius 2 is 1.82 bits per heavy atom. The smallest absolute Gasteiger partial charge is 0.241 e. The van der Waals surface area contributed by atoms with E-state index in [4.69, 9.17) is 19.9 Å². The number of nitrogens with two attached hydrogens (primary N) is 1. The van der Waals surface area contributed by atoms with Gasteiger partial charge in [-0.2, -0.15) is 0 Å². The first-order chi connectivity index (χ1) is 21.2. The van der Waals surface area contributed by atoms with Crippen LogP contribution in [-0.4, -0.2) is 64.2 Å². The highest BCUT2D eigenvalue weighted by atomic mass is 16.5. The maximum atomic E-state index is 11.3. The zero-order chi connectivity index (χ0) is 31.0. The minimum absolute atomic E-state index is 0.0939. The molecule has 1 saturated heterocycles. The van der Waals surface area contributed by atoms with Crippen molar-refractivity contribution >= 4 is 39.3 Å². The number of likely N-dealkylation sites (N-methyl/N-ethyl adjacent to an activating group) is 1. The molecule has 3 aromatic carbocycles. The van der Waals surface area contributed by atoms with E-state index in [1.54, 1.807) is 20.5 Å². The Morgan fingerprint density at radius 1 is 1.00 bits per heavy atom. The molecule has 2 unspecified atom stereocenters. The fourth-order valence-electron chi connectivity index (χ4n) is 5.86. The average Bonchev–Trinajstić information content (AvgIpc) is 3.57. The third-order valence-electron chi connectivity index (χ3n) is 8.18. The van der Waals surface area contributed by atoms with Crippen molar-refractivity contribution in [3.8, 4) is 23.0 Å². The molecule has 226 valence electrons. The number of carbonyl (C=O) groups is 1. The van der Waals surface area contributed by atoms with Crippen LogP contribution in [0.4, 0.5) is 11.5 Å². The van der Waals surface area contributed by atoms with Gasteiger partial charge in [0.2, 0.25) is 5.91 Å². The lowest BCUT2D eigenvalue weighted by Crippen LogP contribution is -2.23. The van der Waals surface area contributed by atoms with Gasteiger partial charge in [0.15, 0.2) is 0 Å². The van der Waals surface area contributed by atoms with E-state index in [1.165, 1.54) is 12.4 Å². The highest BCUT2D eigenvalue weighted by Gasteiger charge is 2.31. The van der Waals surface area contributed by atoms with Gasteiger partial charge in [-0.1, -0.05) is 6.08 Å². The molecule has 3 heterocycles. The Hall–Kier alpha value is -5.16. The zero-order valence-electron chi connectivity index (χ0n) is 25.4. The molecule has 1 aliphatic rings. The molecule has 5 aromatic rings. The second-order valence-corrected chi connectivity index (χ2v) is 11.1. The standard InChI is InChI=1S/C33H35N7O4/c1-19-10-27(31(43-5)15-29(19)44-22-7-8-28-26(12-22)37-18-40(28)3)38-33-24-13-23(30(42-4)14-25(24)35-17-36-33)20-11-21(39(2)16-20)6-9-32(34)41/h6-10,12-15,17-18,20-21H,11,16H2,1-5H3,(H2,34,41)(H,35,36,38). The first kappa shape index (κ1) is 28.9. The number of fused-ring (bicyclic) bond motifs is 2. The van der Waals surface area contributed by atoms with Gasteiger partial charge in [-0.3, -0.25) is 9.69 Å². The van der Waals surface area contributed by atoms with Crippen molar-refractivity contribution in [2.24, 2.45) is 12.8 Å². The van der Waals surface area contributed by atoms with Gasteiger partial charge in [0.05, 0.1) is 42.8 Å². The Bertz CT molecular complexity index is 1900. The fourth-order valence-corrected chi connectivity index (χ4v) is 5.86. The molecule has 0 bridgehead atoms. The summed E-state index contributed by atoms with van der Waals surface area (Å²) in [6.07, 6.45) is 7.43. The number of imidazole rings is 1. The molecule has 44 heavy (non-hydrogen) atoms. The van der Waals surface area contributed by atoms with Crippen molar-refractivity contribution in [1.29, 1.82) is 0 Å². The molecule has 0 spiro atoms. The summed E-state index contributed by atoms with van der Waals surface area (Å²) in [5, 5.41) is 4.33. The number of carbonyl (C=O) groups excluding carboxylic acids is 1. The van der Waals surface area contributed by atoms with Crippen molar-refractivity contribution in [1.82, 2.24) is 24.4 Å². The minimum atomic E-state index is -0.450. The van der Waals surface area contributed by atoms with Crippen molar-refractivity contribution < 1.29 is 19.0 Å². The van der Waals surface area contributed by atoms with Crippen molar-refractivity contribution in [2.75, 3.05) is 33.1 Å². The van der Waals surface area contributed by atoms with Crippen molar-refractivity contribution in [3.05, 3.63) is 78.4 Å². The number of amides is 1. The number of aryl methyl sites for hydroxylation is 2. The highest BCUT2D eigenvalue weighted by Crippen LogP contribution is 2.41. The van der Waals surface area contributed by atoms with Crippen LogP contribution >= 0.6 is 0 Å². The van der Waals surface area contributed by atoms with Crippen LogP contribution in [0.5, 0.6) is 23.0 Å². The van der Waals surface area contributed by atoms with Gasteiger partial charge in [0.25, 0.3) is 0 Å². The lowest BCUT2D eigenvalue weighted by molar-refractivity contribution is -0.113. The largest absolute Gasteiger partial charge is 0.496 e. The lowest BCUT2D eigenvalue weighted by Gasteiger charge is -2.18. The van der Waals surface area contributed by atoms with Crippen LogP contribution in [0, 0.1) is 6.92 Å². The van der Waals surface area contributed by atoms with E-state index < -0.39 is 5.91 Å². The molecule has 0 radical (unpaired) electrons. The minimum Gasteiger partial charge on any atom is -0.496 e. The Labute approximate surface area is 255 Å². The van der Waals surface area contributed by atoms with Crippen LogP contribution in [-0.2, 0) is 11.8 Å². The summed E-state index contributed by atoms with van der Waals surface area (Å²) >= 11 is 0. The monoisotopic (exact) mass is 593 g/mol. The van der Waals surface area contributed by atoms with Crippen LogP contribution < -0.4 is 25.3 Å². The topological polar surface area (TPSA) is 130 Å². The number of hydrogen-bond donors (Lipinski definition) is 2. The molecule has 11 nitrogen and oxygen atoms in total. The summed E-state index contributed by atoms with van der Waals surface area (Å²) in [5.41, 5.74) is 10.7. The second-order valence-electron chi connectivity index (χ2n) is 11.1. The molecule has 1 fully saturated rings. The van der Waals surface area contributed by atoms with Crippen LogP contribution in [0.15, 0.2) is 67.3 Å². The lowest BCUT2D eigenvalue weighted by atomic mass is 9.93. The molecule has 0 saturated carbocycles. The van der Waals surface area contributed by atoms with Crippen LogP contribution in [0.2, 0.25) is 0 Å². The molecule has 3 N–H and O–H groups in total. The number of methoxy groups -OCH3 is 2. The first-order valence-corrected chi connectivity index (χ1v) is 14.3. The summed E-state index contributed by atoms with van der Waals surface area (Å²) in [4.78, 5) is 27.1. The molecule has 1 aliphatic heterocycles. The summed E-state index contributed by atoms with van der Waals surface area (Å²) in [5.74, 6) is 3.10. The molecule has 0 aliphatic carbocycles. The zero-order valence-corrected chi connectivity index (χ0v) is 25.4. The van der Waals surface area contributed by atoms with Crippen molar-refractivity contribution in [2.45, 2.75) is 25.3 Å². The van der Waals surface area contributed by atoms with E-state index in [2.05, 4.69) is 31.2 Å². The molecule has 2 atom stereocenters. The van der Waals surface area contributed by atoms with Gasteiger partial charge in [0, 0.05) is 55.2 Å². The van der Waals surface area contributed by atoms with Gasteiger partial charge >= 0.3 is 0 Å². The van der Waals surface area contributed by atoms with E-state index in [-0.39, 0.29) is 12.0 Å². The predicted octanol–water partition coefficient (Wildman–Crippen LogP) is 5.21. The van der Waals surface area contributed by atoms with Gasteiger partial charge in [0.1, 0.15) is 35.1 Å². The van der Waals surface area contributed by atoms with Crippen LogP contribution in [0.1, 0.15) is 23.5 Å². The number of benzene rings is 3. The van der Waals surface area contributed by atoms with Gasteiger partial charge < -0.3 is 29.8 Å². The maximum absolute atomic E-state index is 11.3. The summed E-state index contributed by atoms with van der Waals surface area (Å²) in [7, 11) is 7.29. The fraction of sp³-hybridized carbons (Fsp3) is 0.273. The number of nitrogens with zero attached hydrogens (tertiary/aromatic N) is 5.